The van der Waals surface area contributed by atoms with Crippen LogP contribution < -0.4 is 5.73 Å². The summed E-state index contributed by atoms with van der Waals surface area (Å²) in [5.74, 6) is -0.464. The number of hydrogen-bond acceptors (Lipinski definition) is 4. The van der Waals surface area contributed by atoms with Crippen LogP contribution in [0.1, 0.15) is 15.9 Å². The Morgan fingerprint density at radius 2 is 2.23 bits per heavy atom. The van der Waals surface area contributed by atoms with Crippen molar-refractivity contribution in [3.05, 3.63) is 29.3 Å². The monoisotopic (exact) mass is 181 g/mol. The van der Waals surface area contributed by atoms with E-state index in [9.17, 15) is 9.90 Å². The number of aromatic hydroxyl groups is 1. The maximum atomic E-state index is 11.1. The topological polar surface area (TPSA) is 72.5 Å². The molecule has 1 rings (SSSR count). The maximum Gasteiger partial charge on any atom is 0.337 e. The van der Waals surface area contributed by atoms with Crippen LogP contribution in [0.25, 0.3) is 0 Å². The van der Waals surface area contributed by atoms with E-state index in [0.29, 0.717) is 11.1 Å². The molecule has 0 bridgehead atoms. The highest BCUT2D eigenvalue weighted by Crippen LogP contribution is 2.15. The van der Waals surface area contributed by atoms with Crippen molar-refractivity contribution >= 4 is 5.97 Å². The van der Waals surface area contributed by atoms with Gasteiger partial charge in [0.25, 0.3) is 0 Å². The molecular formula is C9H11NO3. The molecule has 0 heterocycles. The van der Waals surface area contributed by atoms with Crippen molar-refractivity contribution in [3.63, 3.8) is 0 Å². The number of carbonyl (C=O) groups excluding carboxylic acids is 1. The molecule has 0 saturated carbocycles. The van der Waals surface area contributed by atoms with E-state index in [-0.39, 0.29) is 12.3 Å². The lowest BCUT2D eigenvalue weighted by Crippen LogP contribution is -2.03. The first-order valence-corrected chi connectivity index (χ1v) is 3.78. The zero-order chi connectivity index (χ0) is 9.84. The lowest BCUT2D eigenvalue weighted by Gasteiger charge is -2.03. The predicted octanol–water partition coefficient (Wildman–Crippen LogP) is 0.638. The average Bonchev–Trinajstić information content (AvgIpc) is 2.15. The Balaban J connectivity index is 3.08. The summed E-state index contributed by atoms with van der Waals surface area (Å²) in [5.41, 5.74) is 6.37. The van der Waals surface area contributed by atoms with E-state index in [1.165, 1.54) is 19.2 Å². The number of rotatable bonds is 2. The minimum absolute atomic E-state index is 0.0170. The molecule has 70 valence electrons. The van der Waals surface area contributed by atoms with Gasteiger partial charge in [-0.15, -0.1) is 0 Å². The largest absolute Gasteiger partial charge is 0.508 e. The fourth-order valence-corrected chi connectivity index (χ4v) is 1.03. The highest BCUT2D eigenvalue weighted by atomic mass is 16.5. The van der Waals surface area contributed by atoms with Gasteiger partial charge in [0.15, 0.2) is 0 Å². The van der Waals surface area contributed by atoms with Crippen LogP contribution in [0.2, 0.25) is 0 Å². The molecule has 1 aromatic carbocycles. The number of phenolic OH excluding ortho intramolecular Hbond substituents is 1. The van der Waals surface area contributed by atoms with Crippen LogP contribution in [0.4, 0.5) is 0 Å². The summed E-state index contributed by atoms with van der Waals surface area (Å²) in [7, 11) is 1.29. The molecule has 0 atom stereocenters. The molecule has 0 aliphatic carbocycles. The molecule has 0 fully saturated rings. The van der Waals surface area contributed by atoms with Crippen molar-refractivity contribution in [1.82, 2.24) is 0 Å². The molecule has 0 aromatic heterocycles. The number of nitrogens with two attached hydrogens (primary N) is 1. The molecule has 13 heavy (non-hydrogen) atoms. The lowest BCUT2D eigenvalue weighted by molar-refractivity contribution is 0.0600. The number of hydrogen-bond donors (Lipinski definition) is 2. The predicted molar refractivity (Wildman–Crippen MR) is 47.3 cm³/mol. The normalized spacial score (nSPS) is 9.69. The Kier molecular flexibility index (Phi) is 2.87. The highest BCUT2D eigenvalue weighted by molar-refractivity contribution is 5.90. The van der Waals surface area contributed by atoms with Crippen LogP contribution in [-0.2, 0) is 11.3 Å². The third-order valence-electron chi connectivity index (χ3n) is 1.63. The Morgan fingerprint density at radius 3 is 2.77 bits per heavy atom. The van der Waals surface area contributed by atoms with Crippen LogP contribution in [0, 0.1) is 0 Å². The minimum atomic E-state index is -0.481. The molecule has 0 saturated heterocycles. The van der Waals surface area contributed by atoms with E-state index in [4.69, 9.17) is 5.73 Å². The summed E-state index contributed by atoms with van der Waals surface area (Å²) in [5, 5.41) is 9.21. The van der Waals surface area contributed by atoms with Crippen LogP contribution in [0.5, 0.6) is 5.75 Å². The van der Waals surface area contributed by atoms with E-state index in [2.05, 4.69) is 4.74 Å². The number of benzene rings is 1. The van der Waals surface area contributed by atoms with E-state index < -0.39 is 5.97 Å². The fraction of sp³-hybridized carbons (Fsp3) is 0.222. The van der Waals surface area contributed by atoms with E-state index in [1.54, 1.807) is 6.07 Å². The first kappa shape index (κ1) is 9.54. The average molecular weight is 181 g/mol. The lowest BCUT2D eigenvalue weighted by atomic mass is 10.1. The first-order chi connectivity index (χ1) is 6.17. The zero-order valence-electron chi connectivity index (χ0n) is 7.28. The second-order valence-electron chi connectivity index (χ2n) is 2.58. The summed E-state index contributed by atoms with van der Waals surface area (Å²) in [6, 6.07) is 4.43. The summed E-state index contributed by atoms with van der Waals surface area (Å²) in [6.45, 7) is 0.276. The van der Waals surface area contributed by atoms with Crippen LogP contribution in [0.15, 0.2) is 18.2 Å². The van der Waals surface area contributed by atoms with Crippen molar-refractivity contribution in [3.8, 4) is 5.75 Å². The van der Waals surface area contributed by atoms with Gasteiger partial charge in [0.2, 0.25) is 0 Å². The second-order valence-corrected chi connectivity index (χ2v) is 2.58. The van der Waals surface area contributed by atoms with Crippen molar-refractivity contribution < 1.29 is 14.6 Å². The van der Waals surface area contributed by atoms with Crippen LogP contribution in [0.3, 0.4) is 0 Å². The standard InChI is InChI=1S/C9H11NO3/c1-13-9(12)7-2-6(5-10)3-8(11)4-7/h2-4,11H,5,10H2,1H3. The minimum Gasteiger partial charge on any atom is -0.508 e. The van der Waals surface area contributed by atoms with Crippen molar-refractivity contribution in [2.24, 2.45) is 5.73 Å². The number of carbonyl (C=O) groups is 1. The molecule has 4 heteroatoms. The second kappa shape index (κ2) is 3.91. The van der Waals surface area contributed by atoms with Gasteiger partial charge >= 0.3 is 5.97 Å². The number of ether oxygens (including phenoxy) is 1. The summed E-state index contributed by atoms with van der Waals surface area (Å²) in [4.78, 5) is 11.1. The fourth-order valence-electron chi connectivity index (χ4n) is 1.03. The molecule has 0 unspecified atom stereocenters. The summed E-state index contributed by atoms with van der Waals surface area (Å²) in [6.07, 6.45) is 0. The Bertz CT molecular complexity index is 323. The molecule has 0 spiro atoms. The van der Waals surface area contributed by atoms with Crippen molar-refractivity contribution in [1.29, 1.82) is 0 Å². The van der Waals surface area contributed by atoms with Gasteiger partial charge in [-0.2, -0.15) is 0 Å². The van der Waals surface area contributed by atoms with Gasteiger partial charge in [0.05, 0.1) is 12.7 Å². The molecule has 1 aromatic rings. The van der Waals surface area contributed by atoms with Gasteiger partial charge in [-0.05, 0) is 23.8 Å². The highest BCUT2D eigenvalue weighted by Gasteiger charge is 2.07. The summed E-state index contributed by atoms with van der Waals surface area (Å²) >= 11 is 0. The third kappa shape index (κ3) is 2.19. The molecule has 4 nitrogen and oxygen atoms in total. The van der Waals surface area contributed by atoms with E-state index in [0.717, 1.165) is 0 Å². The Labute approximate surface area is 75.9 Å². The van der Waals surface area contributed by atoms with Gasteiger partial charge in [0, 0.05) is 6.54 Å². The zero-order valence-corrected chi connectivity index (χ0v) is 7.28. The Morgan fingerprint density at radius 1 is 1.54 bits per heavy atom. The van der Waals surface area contributed by atoms with Crippen LogP contribution in [-0.4, -0.2) is 18.2 Å². The maximum absolute atomic E-state index is 11.1. The summed E-state index contributed by atoms with van der Waals surface area (Å²) < 4.78 is 4.50. The molecule has 0 radical (unpaired) electrons. The molecular weight excluding hydrogens is 170 g/mol. The van der Waals surface area contributed by atoms with Gasteiger partial charge in [0.1, 0.15) is 5.75 Å². The first-order valence-electron chi connectivity index (χ1n) is 3.78. The van der Waals surface area contributed by atoms with Gasteiger partial charge in [-0.1, -0.05) is 0 Å². The van der Waals surface area contributed by atoms with Crippen molar-refractivity contribution in [2.45, 2.75) is 6.54 Å². The number of esters is 1. The molecule has 0 amide bonds. The van der Waals surface area contributed by atoms with Crippen molar-refractivity contribution in [2.75, 3.05) is 7.11 Å². The smallest absolute Gasteiger partial charge is 0.337 e. The number of methoxy groups -OCH3 is 1. The third-order valence-corrected chi connectivity index (χ3v) is 1.63. The van der Waals surface area contributed by atoms with Gasteiger partial charge in [-0.25, -0.2) is 4.79 Å². The van der Waals surface area contributed by atoms with E-state index >= 15 is 0 Å². The van der Waals surface area contributed by atoms with Gasteiger partial charge in [-0.3, -0.25) is 0 Å². The SMILES string of the molecule is COC(=O)c1cc(O)cc(CN)c1. The molecule has 0 aliphatic heterocycles. The number of phenols is 1. The van der Waals surface area contributed by atoms with E-state index in [1.807, 2.05) is 0 Å². The Hall–Kier alpha value is -1.55. The van der Waals surface area contributed by atoms with Crippen LogP contribution >= 0.6 is 0 Å². The molecule has 3 N–H and O–H groups in total. The molecule has 0 aliphatic rings. The van der Waals surface area contributed by atoms with Gasteiger partial charge < -0.3 is 15.6 Å². The quantitative estimate of drug-likeness (QED) is 0.656.